The maximum Gasteiger partial charge on any atom is 0.262 e. The number of rotatable bonds is 6. The molecule has 6 rings (SSSR count). The molecule has 1 aliphatic heterocycles. The van der Waals surface area contributed by atoms with Crippen molar-refractivity contribution in [3.63, 3.8) is 0 Å². The van der Waals surface area contributed by atoms with E-state index in [1.54, 1.807) is 30.5 Å². The second-order valence-corrected chi connectivity index (χ2v) is 10.1. The van der Waals surface area contributed by atoms with Gasteiger partial charge in [-0.25, -0.2) is 9.97 Å². The van der Waals surface area contributed by atoms with E-state index >= 15 is 0 Å². The Labute approximate surface area is 223 Å². The summed E-state index contributed by atoms with van der Waals surface area (Å²) in [6.07, 6.45) is 6.83. The molecule has 9 nitrogen and oxygen atoms in total. The number of aromatic amines is 1. The number of carbonyl (C=O) groups excluding carboxylic acids is 3. The summed E-state index contributed by atoms with van der Waals surface area (Å²) in [5, 5.41) is 8.05. The topological polar surface area (TPSA) is 120 Å². The Balaban J connectivity index is 1.04. The first-order valence-corrected chi connectivity index (χ1v) is 13.0. The van der Waals surface area contributed by atoms with Gasteiger partial charge in [-0.05, 0) is 62.1 Å². The van der Waals surface area contributed by atoms with Crippen molar-refractivity contribution in [3.8, 4) is 11.3 Å². The molecular formula is C28H25ClN6O3. The highest BCUT2D eigenvalue weighted by atomic mass is 35.5. The lowest BCUT2D eigenvalue weighted by Gasteiger charge is -2.30. The lowest BCUT2D eigenvalue weighted by Crippen LogP contribution is -2.46. The van der Waals surface area contributed by atoms with Crippen molar-refractivity contribution in [1.29, 1.82) is 0 Å². The van der Waals surface area contributed by atoms with Gasteiger partial charge in [0, 0.05) is 40.4 Å². The molecule has 1 aromatic carbocycles. The number of benzene rings is 1. The van der Waals surface area contributed by atoms with Crippen molar-refractivity contribution in [1.82, 2.24) is 25.2 Å². The number of H-pyrrole nitrogens is 1. The summed E-state index contributed by atoms with van der Waals surface area (Å²) in [6, 6.07) is 14.3. The summed E-state index contributed by atoms with van der Waals surface area (Å²) < 4.78 is 0. The molecule has 1 fully saturated rings. The van der Waals surface area contributed by atoms with Crippen LogP contribution in [0.5, 0.6) is 0 Å². The van der Waals surface area contributed by atoms with Gasteiger partial charge in [-0.3, -0.25) is 19.3 Å². The molecule has 0 saturated heterocycles. The summed E-state index contributed by atoms with van der Waals surface area (Å²) in [6.45, 7) is -0.275. The molecule has 2 aliphatic rings. The van der Waals surface area contributed by atoms with Gasteiger partial charge in [0.1, 0.15) is 18.0 Å². The van der Waals surface area contributed by atoms with Crippen molar-refractivity contribution in [2.75, 3.05) is 11.9 Å². The SMILES string of the molecule is O=C(CN1C(=O)c2ccccc2C1=O)NC1CCC(Nc2cc(Cl)cc(-c3c[nH]c4ncccc34)n2)CC1. The van der Waals surface area contributed by atoms with Gasteiger partial charge in [0.05, 0.1) is 16.8 Å². The number of imide groups is 1. The molecule has 10 heteroatoms. The molecule has 0 bridgehead atoms. The second kappa shape index (κ2) is 9.90. The van der Waals surface area contributed by atoms with Gasteiger partial charge in [-0.2, -0.15) is 0 Å². The van der Waals surface area contributed by atoms with Gasteiger partial charge in [0.2, 0.25) is 5.91 Å². The van der Waals surface area contributed by atoms with E-state index in [1.165, 1.54) is 0 Å². The number of nitrogens with one attached hydrogen (secondary N) is 3. The highest BCUT2D eigenvalue weighted by molar-refractivity contribution is 6.31. The zero-order chi connectivity index (χ0) is 26.2. The largest absolute Gasteiger partial charge is 0.367 e. The Hall–Kier alpha value is -4.24. The maximum atomic E-state index is 12.7. The minimum Gasteiger partial charge on any atom is -0.367 e. The normalized spacial score (nSPS) is 19.0. The maximum absolute atomic E-state index is 12.7. The Bertz CT molecular complexity index is 1520. The molecule has 3 amide bonds. The molecule has 1 aliphatic carbocycles. The fraction of sp³-hybridized carbons (Fsp3) is 0.250. The number of carbonyl (C=O) groups is 3. The Morgan fingerprint density at radius 3 is 2.42 bits per heavy atom. The Morgan fingerprint density at radius 2 is 1.68 bits per heavy atom. The summed E-state index contributed by atoms with van der Waals surface area (Å²) in [5.74, 6) is -0.481. The average molecular weight is 529 g/mol. The van der Waals surface area contributed by atoms with Crippen molar-refractivity contribution in [3.05, 3.63) is 77.1 Å². The minimum absolute atomic E-state index is 0.0164. The summed E-state index contributed by atoms with van der Waals surface area (Å²) in [4.78, 5) is 51.0. The number of fused-ring (bicyclic) bond motifs is 2. The summed E-state index contributed by atoms with van der Waals surface area (Å²) in [7, 11) is 0. The fourth-order valence-electron chi connectivity index (χ4n) is 5.27. The molecule has 0 atom stereocenters. The number of amides is 3. The highest BCUT2D eigenvalue weighted by Crippen LogP contribution is 2.31. The van der Waals surface area contributed by atoms with Gasteiger partial charge in [0.25, 0.3) is 11.8 Å². The van der Waals surface area contributed by atoms with Crippen molar-refractivity contribution >= 4 is 46.2 Å². The molecule has 38 heavy (non-hydrogen) atoms. The summed E-state index contributed by atoms with van der Waals surface area (Å²) in [5.41, 5.74) is 3.17. The fourth-order valence-corrected chi connectivity index (χ4v) is 5.47. The van der Waals surface area contributed by atoms with Gasteiger partial charge in [-0.1, -0.05) is 23.7 Å². The minimum atomic E-state index is -0.425. The van der Waals surface area contributed by atoms with Crippen LogP contribution < -0.4 is 10.6 Å². The molecule has 0 unspecified atom stereocenters. The van der Waals surface area contributed by atoms with Crippen LogP contribution >= 0.6 is 11.6 Å². The van der Waals surface area contributed by atoms with E-state index in [1.807, 2.05) is 30.5 Å². The monoisotopic (exact) mass is 528 g/mol. The number of aromatic nitrogens is 3. The summed E-state index contributed by atoms with van der Waals surface area (Å²) >= 11 is 6.43. The third-order valence-electron chi connectivity index (χ3n) is 7.14. The zero-order valence-electron chi connectivity index (χ0n) is 20.4. The molecule has 0 radical (unpaired) electrons. The number of nitrogens with zero attached hydrogens (tertiary/aromatic N) is 3. The number of anilines is 1. The molecule has 3 aromatic heterocycles. The molecular weight excluding hydrogens is 504 g/mol. The zero-order valence-corrected chi connectivity index (χ0v) is 21.2. The third kappa shape index (κ3) is 4.61. The van der Waals surface area contributed by atoms with Gasteiger partial charge >= 0.3 is 0 Å². The first-order chi connectivity index (χ1) is 18.5. The van der Waals surface area contributed by atoms with E-state index in [0.29, 0.717) is 22.0 Å². The van der Waals surface area contributed by atoms with Gasteiger partial charge in [0.15, 0.2) is 0 Å². The van der Waals surface area contributed by atoms with Crippen LogP contribution in [0.2, 0.25) is 5.02 Å². The van der Waals surface area contributed by atoms with E-state index in [-0.39, 0.29) is 24.5 Å². The standard InChI is InChI=1S/C28H25ClN6O3/c29-16-12-23(22-14-31-26-19(22)6-3-11-30-26)34-24(13-16)32-17-7-9-18(10-8-17)33-25(36)15-35-27(37)20-4-1-2-5-21(20)28(35)38/h1-6,11-14,17-18H,7-10,15H2,(H,30,31)(H,32,34)(H,33,36). The predicted molar refractivity (Wildman–Crippen MR) is 144 cm³/mol. The van der Waals surface area contributed by atoms with Crippen LogP contribution in [-0.2, 0) is 4.79 Å². The molecule has 4 aromatic rings. The van der Waals surface area contributed by atoms with Gasteiger partial charge in [-0.15, -0.1) is 0 Å². The van der Waals surface area contributed by atoms with Crippen LogP contribution in [0.15, 0.2) is 60.9 Å². The number of hydrogen-bond donors (Lipinski definition) is 3. The number of hydrogen-bond acceptors (Lipinski definition) is 6. The smallest absolute Gasteiger partial charge is 0.262 e. The molecule has 1 saturated carbocycles. The van der Waals surface area contributed by atoms with Gasteiger partial charge < -0.3 is 15.6 Å². The predicted octanol–water partition coefficient (Wildman–Crippen LogP) is 4.41. The van der Waals surface area contributed by atoms with E-state index in [2.05, 4.69) is 20.6 Å². The van der Waals surface area contributed by atoms with E-state index in [4.69, 9.17) is 16.6 Å². The lowest BCUT2D eigenvalue weighted by molar-refractivity contribution is -0.122. The molecule has 0 spiro atoms. The van der Waals surface area contributed by atoms with Crippen LogP contribution in [0.3, 0.4) is 0 Å². The first kappa shape index (κ1) is 24.1. The molecule has 192 valence electrons. The number of halogens is 1. The van der Waals surface area contributed by atoms with Crippen molar-refractivity contribution in [2.24, 2.45) is 0 Å². The van der Waals surface area contributed by atoms with Crippen LogP contribution in [0, 0.1) is 0 Å². The molecule has 3 N–H and O–H groups in total. The first-order valence-electron chi connectivity index (χ1n) is 12.6. The Morgan fingerprint density at radius 1 is 0.974 bits per heavy atom. The van der Waals surface area contributed by atoms with Crippen LogP contribution in [0.25, 0.3) is 22.3 Å². The number of pyridine rings is 2. The van der Waals surface area contributed by atoms with Crippen LogP contribution in [0.4, 0.5) is 5.82 Å². The lowest BCUT2D eigenvalue weighted by atomic mass is 9.91. The average Bonchev–Trinajstić information content (AvgIpc) is 3.45. The Kier molecular flexibility index (Phi) is 6.29. The van der Waals surface area contributed by atoms with Crippen LogP contribution in [0.1, 0.15) is 46.4 Å². The van der Waals surface area contributed by atoms with E-state index in [0.717, 1.165) is 52.9 Å². The molecule has 4 heterocycles. The van der Waals surface area contributed by atoms with E-state index in [9.17, 15) is 14.4 Å². The second-order valence-electron chi connectivity index (χ2n) is 9.66. The quantitative estimate of drug-likeness (QED) is 0.319. The van der Waals surface area contributed by atoms with Crippen LogP contribution in [-0.4, -0.2) is 56.2 Å². The van der Waals surface area contributed by atoms with E-state index < -0.39 is 11.8 Å². The third-order valence-corrected chi connectivity index (χ3v) is 7.36. The van der Waals surface area contributed by atoms with Crippen molar-refractivity contribution < 1.29 is 14.4 Å². The highest BCUT2D eigenvalue weighted by Gasteiger charge is 2.36. The van der Waals surface area contributed by atoms with Crippen molar-refractivity contribution in [2.45, 2.75) is 37.8 Å².